The molecular weight excluding hydrogens is 369 g/mol. The van der Waals surface area contributed by atoms with Gasteiger partial charge in [-0.15, -0.1) is 11.8 Å². The molecule has 0 aliphatic carbocycles. The van der Waals surface area contributed by atoms with Crippen molar-refractivity contribution in [2.45, 2.75) is 4.90 Å². The summed E-state index contributed by atoms with van der Waals surface area (Å²) in [4.78, 5) is 24.4. The first-order chi connectivity index (χ1) is 11.5. The van der Waals surface area contributed by atoms with Gasteiger partial charge < -0.3 is 0 Å². The standard InChI is InChI=1S/C16H11Cl2N3O2S/c17-12-4-5-13(18)14(7-12)24-9-15(22)20-21-16(23)11-3-1-2-10(6-11)8-19/h1-7H,9H2,(H,20,22)(H,21,23). The van der Waals surface area contributed by atoms with Crippen LogP contribution in [0.4, 0.5) is 0 Å². The van der Waals surface area contributed by atoms with Crippen LogP contribution in [0.3, 0.4) is 0 Å². The highest BCUT2D eigenvalue weighted by atomic mass is 35.5. The van der Waals surface area contributed by atoms with Crippen molar-refractivity contribution < 1.29 is 9.59 Å². The summed E-state index contributed by atoms with van der Waals surface area (Å²) in [5, 5.41) is 9.82. The normalized spacial score (nSPS) is 9.88. The van der Waals surface area contributed by atoms with Crippen LogP contribution in [0.1, 0.15) is 15.9 Å². The number of nitrogens with zero attached hydrogens (tertiary/aromatic N) is 1. The smallest absolute Gasteiger partial charge is 0.269 e. The molecule has 0 spiro atoms. The molecule has 0 aromatic heterocycles. The Balaban J connectivity index is 1.85. The van der Waals surface area contributed by atoms with E-state index in [2.05, 4.69) is 10.9 Å². The Morgan fingerprint density at radius 3 is 2.67 bits per heavy atom. The van der Waals surface area contributed by atoms with E-state index in [9.17, 15) is 9.59 Å². The molecule has 0 bridgehead atoms. The minimum absolute atomic E-state index is 0.0541. The van der Waals surface area contributed by atoms with Gasteiger partial charge in [0.25, 0.3) is 5.91 Å². The third-order valence-corrected chi connectivity index (χ3v) is 4.55. The highest BCUT2D eigenvalue weighted by Gasteiger charge is 2.10. The average molecular weight is 380 g/mol. The maximum absolute atomic E-state index is 11.9. The molecule has 8 heteroatoms. The molecule has 122 valence electrons. The number of hydrogen-bond donors (Lipinski definition) is 2. The Bertz CT molecular complexity index is 821. The number of thioether (sulfide) groups is 1. The summed E-state index contributed by atoms with van der Waals surface area (Å²) < 4.78 is 0. The van der Waals surface area contributed by atoms with Gasteiger partial charge in [0, 0.05) is 15.5 Å². The fraction of sp³-hybridized carbons (Fsp3) is 0.0625. The number of hydrazine groups is 1. The second kappa shape index (κ2) is 8.60. The first-order valence-corrected chi connectivity index (χ1v) is 8.41. The molecule has 0 aliphatic heterocycles. The van der Waals surface area contributed by atoms with Gasteiger partial charge in [0.2, 0.25) is 5.91 Å². The number of carbonyl (C=O) groups is 2. The Morgan fingerprint density at radius 1 is 1.12 bits per heavy atom. The van der Waals surface area contributed by atoms with Gasteiger partial charge in [0.15, 0.2) is 0 Å². The number of halogens is 2. The summed E-state index contributed by atoms with van der Waals surface area (Å²) in [7, 11) is 0. The predicted octanol–water partition coefficient (Wildman–Crippen LogP) is 3.42. The molecule has 0 radical (unpaired) electrons. The van der Waals surface area contributed by atoms with E-state index in [4.69, 9.17) is 28.5 Å². The van der Waals surface area contributed by atoms with E-state index in [0.717, 1.165) is 0 Å². The topological polar surface area (TPSA) is 82.0 Å². The van der Waals surface area contributed by atoms with E-state index < -0.39 is 11.8 Å². The van der Waals surface area contributed by atoms with E-state index in [0.29, 0.717) is 20.5 Å². The van der Waals surface area contributed by atoms with Crippen molar-refractivity contribution in [3.8, 4) is 6.07 Å². The van der Waals surface area contributed by atoms with Gasteiger partial charge in [-0.25, -0.2) is 0 Å². The van der Waals surface area contributed by atoms with Crippen LogP contribution in [-0.2, 0) is 4.79 Å². The lowest BCUT2D eigenvalue weighted by atomic mass is 10.1. The molecule has 5 nitrogen and oxygen atoms in total. The lowest BCUT2D eigenvalue weighted by Crippen LogP contribution is -2.42. The summed E-state index contributed by atoms with van der Waals surface area (Å²) in [5.74, 6) is -0.856. The van der Waals surface area contributed by atoms with Crippen molar-refractivity contribution in [1.29, 1.82) is 5.26 Å². The zero-order valence-corrected chi connectivity index (χ0v) is 14.5. The van der Waals surface area contributed by atoms with E-state index in [-0.39, 0.29) is 11.3 Å². The van der Waals surface area contributed by atoms with Gasteiger partial charge in [-0.1, -0.05) is 29.3 Å². The number of nitriles is 1. The third-order valence-electron chi connectivity index (χ3n) is 2.82. The second-order valence-corrected chi connectivity index (χ2v) is 6.42. The van der Waals surface area contributed by atoms with Crippen molar-refractivity contribution in [2.24, 2.45) is 0 Å². The number of rotatable bonds is 4. The number of nitrogens with one attached hydrogen (secondary N) is 2. The monoisotopic (exact) mass is 379 g/mol. The van der Waals surface area contributed by atoms with E-state index in [1.54, 1.807) is 36.4 Å². The Hall–Kier alpha value is -2.20. The zero-order chi connectivity index (χ0) is 17.5. The molecule has 0 saturated carbocycles. The predicted molar refractivity (Wildman–Crippen MR) is 94.0 cm³/mol. The highest BCUT2D eigenvalue weighted by molar-refractivity contribution is 8.00. The quantitative estimate of drug-likeness (QED) is 0.629. The van der Waals surface area contributed by atoms with Crippen LogP contribution in [0.5, 0.6) is 0 Å². The van der Waals surface area contributed by atoms with Crippen molar-refractivity contribution in [1.82, 2.24) is 10.9 Å². The summed E-state index contributed by atoms with van der Waals surface area (Å²) >= 11 is 13.1. The number of amides is 2. The molecule has 2 aromatic rings. The number of hydrogen-bond acceptors (Lipinski definition) is 4. The lowest BCUT2D eigenvalue weighted by molar-refractivity contribution is -0.119. The minimum Gasteiger partial charge on any atom is -0.272 e. The largest absolute Gasteiger partial charge is 0.272 e. The van der Waals surface area contributed by atoms with Gasteiger partial charge in [-0.3, -0.25) is 20.4 Å². The summed E-state index contributed by atoms with van der Waals surface area (Å²) in [6, 6.07) is 13.1. The lowest BCUT2D eigenvalue weighted by Gasteiger charge is -2.08. The summed E-state index contributed by atoms with van der Waals surface area (Å²) in [5.41, 5.74) is 5.24. The van der Waals surface area contributed by atoms with E-state index >= 15 is 0 Å². The van der Waals surface area contributed by atoms with Gasteiger partial charge in [-0.2, -0.15) is 5.26 Å². The van der Waals surface area contributed by atoms with Crippen molar-refractivity contribution in [2.75, 3.05) is 5.75 Å². The van der Waals surface area contributed by atoms with Crippen LogP contribution < -0.4 is 10.9 Å². The molecule has 0 unspecified atom stereocenters. The average Bonchev–Trinajstić information content (AvgIpc) is 2.60. The fourth-order valence-corrected chi connectivity index (χ4v) is 2.99. The molecule has 24 heavy (non-hydrogen) atoms. The van der Waals surface area contributed by atoms with Crippen LogP contribution in [-0.4, -0.2) is 17.6 Å². The molecule has 2 rings (SSSR count). The molecule has 2 aromatic carbocycles. The molecule has 0 aliphatic rings. The van der Waals surface area contributed by atoms with E-state index in [1.807, 2.05) is 6.07 Å². The van der Waals surface area contributed by atoms with Crippen molar-refractivity contribution in [3.63, 3.8) is 0 Å². The maximum atomic E-state index is 11.9. The van der Waals surface area contributed by atoms with Gasteiger partial charge in [-0.05, 0) is 36.4 Å². The maximum Gasteiger partial charge on any atom is 0.269 e. The summed E-state index contributed by atoms with van der Waals surface area (Å²) in [6.07, 6.45) is 0. The molecule has 0 atom stereocenters. The first kappa shape index (κ1) is 18.1. The number of benzene rings is 2. The number of carbonyl (C=O) groups excluding carboxylic acids is 2. The van der Waals surface area contributed by atoms with Gasteiger partial charge in [0.05, 0.1) is 22.4 Å². The van der Waals surface area contributed by atoms with Crippen LogP contribution >= 0.6 is 35.0 Å². The van der Waals surface area contributed by atoms with Crippen LogP contribution in [0.2, 0.25) is 10.0 Å². The molecule has 0 fully saturated rings. The third kappa shape index (κ3) is 5.17. The SMILES string of the molecule is N#Cc1cccc(C(=O)NNC(=O)CSc2cc(Cl)ccc2Cl)c1. The molecule has 0 heterocycles. The molecule has 2 N–H and O–H groups in total. The van der Waals surface area contributed by atoms with E-state index in [1.165, 1.54) is 17.8 Å². The highest BCUT2D eigenvalue weighted by Crippen LogP contribution is 2.29. The Labute approximate surface area is 152 Å². The first-order valence-electron chi connectivity index (χ1n) is 6.67. The minimum atomic E-state index is -0.508. The Morgan fingerprint density at radius 2 is 1.92 bits per heavy atom. The second-order valence-electron chi connectivity index (χ2n) is 4.56. The van der Waals surface area contributed by atoms with Gasteiger partial charge >= 0.3 is 0 Å². The fourth-order valence-electron chi connectivity index (χ4n) is 1.70. The van der Waals surface area contributed by atoms with Crippen LogP contribution in [0.25, 0.3) is 0 Å². The molecule has 2 amide bonds. The van der Waals surface area contributed by atoms with Crippen LogP contribution in [0.15, 0.2) is 47.4 Å². The zero-order valence-electron chi connectivity index (χ0n) is 12.2. The van der Waals surface area contributed by atoms with Crippen molar-refractivity contribution >= 4 is 46.8 Å². The van der Waals surface area contributed by atoms with Gasteiger partial charge in [0.1, 0.15) is 0 Å². The Kier molecular flexibility index (Phi) is 6.50. The van der Waals surface area contributed by atoms with Crippen molar-refractivity contribution in [3.05, 3.63) is 63.6 Å². The summed E-state index contributed by atoms with van der Waals surface area (Å²) in [6.45, 7) is 0. The molecule has 0 saturated heterocycles. The molecular formula is C16H11Cl2N3O2S. The van der Waals surface area contributed by atoms with Crippen LogP contribution in [0, 0.1) is 11.3 Å².